The van der Waals surface area contributed by atoms with E-state index in [9.17, 15) is 9.59 Å². The molecule has 0 radical (unpaired) electrons. The Kier molecular flexibility index (Phi) is 13.3. The van der Waals surface area contributed by atoms with E-state index in [0.29, 0.717) is 0 Å². The van der Waals surface area contributed by atoms with Gasteiger partial charge in [0, 0.05) is 46.1 Å². The molecule has 0 unspecified atom stereocenters. The van der Waals surface area contributed by atoms with Crippen LogP contribution < -0.4 is 11.5 Å². The summed E-state index contributed by atoms with van der Waals surface area (Å²) in [5.74, 6) is 0.772. The number of thioether (sulfide) groups is 4. The van der Waals surface area contributed by atoms with Crippen molar-refractivity contribution in [2.45, 2.75) is 37.8 Å². The van der Waals surface area contributed by atoms with Crippen molar-refractivity contribution in [2.75, 3.05) is 24.0 Å². The van der Waals surface area contributed by atoms with Gasteiger partial charge in [0.1, 0.15) is 28.1 Å². The molecule has 10 nitrogen and oxygen atoms in total. The number of aliphatic carboxylic acids is 2. The van der Waals surface area contributed by atoms with Crippen LogP contribution in [0.2, 0.25) is 0 Å². The van der Waals surface area contributed by atoms with Crippen molar-refractivity contribution in [2.24, 2.45) is 0 Å². The van der Waals surface area contributed by atoms with E-state index in [-0.39, 0.29) is 0 Å². The van der Waals surface area contributed by atoms with Crippen molar-refractivity contribution >= 4 is 81.7 Å². The summed E-state index contributed by atoms with van der Waals surface area (Å²) in [6.45, 7) is 0. The van der Waals surface area contributed by atoms with Gasteiger partial charge >= 0.3 is 11.9 Å². The number of nitrogen functional groups attached to an aromatic ring is 2. The molecule has 6 rings (SSSR count). The molecule has 0 saturated heterocycles. The Bertz CT molecular complexity index is 1790. The Morgan fingerprint density at radius 2 is 1.06 bits per heavy atom. The standard InChI is InChI=1S/2C15H15N3S2.C3H4O4/c2*1-19-13-9-12-15(17-7-8-18(12)14(13)16)20-10-11-5-3-2-4-6-11;4-2(5)1-3(6)7/h2*2-9H,10,16H2,1H3;1H2,(H,4,5)(H,6,7). The molecule has 6 aromatic rings. The van der Waals surface area contributed by atoms with E-state index in [2.05, 4.69) is 70.6 Å². The molecule has 0 aliphatic carbocycles. The van der Waals surface area contributed by atoms with Crippen molar-refractivity contribution in [3.05, 3.63) is 109 Å². The molecule has 0 spiro atoms. The second-order valence-electron chi connectivity index (χ2n) is 9.68. The molecule has 6 N–H and O–H groups in total. The van der Waals surface area contributed by atoms with Gasteiger partial charge in [-0.15, -0.1) is 23.5 Å². The number of benzene rings is 2. The van der Waals surface area contributed by atoms with Gasteiger partial charge in [0.15, 0.2) is 0 Å². The monoisotopic (exact) mass is 706 g/mol. The summed E-state index contributed by atoms with van der Waals surface area (Å²) in [6, 6.07) is 25.1. The maximum Gasteiger partial charge on any atom is 0.314 e. The topological polar surface area (TPSA) is 161 Å². The number of aromatic nitrogens is 4. The first-order valence-electron chi connectivity index (χ1n) is 14.1. The van der Waals surface area contributed by atoms with Gasteiger partial charge in [-0.2, -0.15) is 0 Å². The largest absolute Gasteiger partial charge is 0.481 e. The first-order chi connectivity index (χ1) is 22.7. The lowest BCUT2D eigenvalue weighted by atomic mass is 10.2. The van der Waals surface area contributed by atoms with E-state index < -0.39 is 18.4 Å². The van der Waals surface area contributed by atoms with Gasteiger partial charge < -0.3 is 21.7 Å². The molecule has 0 atom stereocenters. The molecule has 2 aromatic carbocycles. The van der Waals surface area contributed by atoms with Crippen LogP contribution in [0.15, 0.2) is 117 Å². The summed E-state index contributed by atoms with van der Waals surface area (Å²) >= 11 is 6.80. The summed E-state index contributed by atoms with van der Waals surface area (Å²) in [5, 5.41) is 17.4. The predicted molar refractivity (Wildman–Crippen MR) is 195 cm³/mol. The second kappa shape index (κ2) is 17.6. The Morgan fingerprint density at radius 1 is 0.681 bits per heavy atom. The number of anilines is 2. The van der Waals surface area contributed by atoms with E-state index in [1.165, 1.54) is 11.1 Å². The van der Waals surface area contributed by atoms with Crippen LogP contribution >= 0.6 is 47.0 Å². The molecule has 0 amide bonds. The molecule has 0 fully saturated rings. The number of rotatable bonds is 10. The summed E-state index contributed by atoms with van der Waals surface area (Å²) in [4.78, 5) is 30.0. The SMILES string of the molecule is CSc1cc2c(SCc3ccccc3)nccn2c1N.CSc1cc2c(SCc3ccccc3)nccn2c1N.O=C(O)CC(=O)O. The lowest BCUT2D eigenvalue weighted by Gasteiger charge is -2.04. The molecule has 244 valence electrons. The molecular weight excluding hydrogens is 673 g/mol. The summed E-state index contributed by atoms with van der Waals surface area (Å²) in [6.07, 6.45) is 10.7. The minimum absolute atomic E-state index is 0.788. The third-order valence-corrected chi connectivity index (χ3v) is 10.2. The number of carbonyl (C=O) groups is 2. The highest BCUT2D eigenvalue weighted by Crippen LogP contribution is 2.34. The average molecular weight is 707 g/mol. The minimum atomic E-state index is -1.31. The number of fused-ring (bicyclic) bond motifs is 2. The number of hydrogen-bond donors (Lipinski definition) is 4. The molecule has 0 bridgehead atoms. The quantitative estimate of drug-likeness (QED) is 0.0826. The van der Waals surface area contributed by atoms with Crippen LogP contribution in [0.5, 0.6) is 0 Å². The van der Waals surface area contributed by atoms with Crippen LogP contribution in [0, 0.1) is 0 Å². The van der Waals surface area contributed by atoms with Crippen LogP contribution in [0.4, 0.5) is 11.6 Å². The van der Waals surface area contributed by atoms with Crippen LogP contribution in [0.3, 0.4) is 0 Å². The van der Waals surface area contributed by atoms with Crippen molar-refractivity contribution in [1.82, 2.24) is 18.8 Å². The normalized spacial score (nSPS) is 10.6. The van der Waals surface area contributed by atoms with Gasteiger partial charge in [-0.1, -0.05) is 84.2 Å². The number of hydrogen-bond acceptors (Lipinski definition) is 10. The van der Waals surface area contributed by atoms with Crippen LogP contribution in [-0.4, -0.2) is 53.4 Å². The van der Waals surface area contributed by atoms with Crippen molar-refractivity contribution in [1.29, 1.82) is 0 Å². The molecule has 0 aliphatic heterocycles. The molecule has 14 heteroatoms. The highest BCUT2D eigenvalue weighted by atomic mass is 32.2. The Balaban J connectivity index is 0.000000178. The Hall–Kier alpha value is -4.24. The highest BCUT2D eigenvalue weighted by Gasteiger charge is 2.12. The number of carboxylic acid groups (broad SMARTS) is 2. The minimum Gasteiger partial charge on any atom is -0.481 e. The predicted octanol–water partition coefficient (Wildman–Crippen LogP) is 7.41. The lowest BCUT2D eigenvalue weighted by Crippen LogP contribution is -2.03. The number of carboxylic acids is 2. The zero-order valence-corrected chi connectivity index (χ0v) is 28.9. The fourth-order valence-electron chi connectivity index (χ4n) is 4.28. The second-order valence-corrected chi connectivity index (χ2v) is 13.3. The zero-order valence-electron chi connectivity index (χ0n) is 25.6. The van der Waals surface area contributed by atoms with Crippen molar-refractivity contribution in [3.63, 3.8) is 0 Å². The fraction of sp³-hybridized carbons (Fsp3) is 0.152. The Labute approximate surface area is 289 Å². The van der Waals surface area contributed by atoms with Crippen molar-refractivity contribution < 1.29 is 19.8 Å². The van der Waals surface area contributed by atoms with E-state index in [1.807, 2.05) is 45.8 Å². The zero-order chi connectivity index (χ0) is 33.8. The maximum atomic E-state index is 9.43. The van der Waals surface area contributed by atoms with E-state index >= 15 is 0 Å². The maximum absolute atomic E-state index is 9.43. The van der Waals surface area contributed by atoms with Crippen LogP contribution in [0.25, 0.3) is 11.0 Å². The average Bonchev–Trinajstić information content (AvgIpc) is 3.59. The van der Waals surface area contributed by atoms with Gasteiger partial charge in [-0.05, 0) is 35.8 Å². The fourth-order valence-corrected chi connectivity index (χ4v) is 7.23. The summed E-state index contributed by atoms with van der Waals surface area (Å²) in [5.41, 5.74) is 17.0. The third kappa shape index (κ3) is 9.88. The van der Waals surface area contributed by atoms with E-state index in [0.717, 1.165) is 54.0 Å². The first kappa shape index (κ1) is 35.6. The van der Waals surface area contributed by atoms with Crippen LogP contribution in [0.1, 0.15) is 17.5 Å². The summed E-state index contributed by atoms with van der Waals surface area (Å²) < 4.78 is 4.01. The number of nitrogens with two attached hydrogens (primary N) is 2. The molecule has 4 aromatic heterocycles. The van der Waals surface area contributed by atoms with Gasteiger partial charge in [-0.3, -0.25) is 18.4 Å². The molecule has 4 heterocycles. The first-order valence-corrected chi connectivity index (χ1v) is 18.5. The molecule has 0 saturated carbocycles. The van der Waals surface area contributed by atoms with Gasteiger partial charge in [0.05, 0.1) is 11.0 Å². The summed E-state index contributed by atoms with van der Waals surface area (Å²) in [7, 11) is 0. The van der Waals surface area contributed by atoms with Gasteiger partial charge in [-0.25, -0.2) is 9.97 Å². The van der Waals surface area contributed by atoms with Gasteiger partial charge in [0.25, 0.3) is 0 Å². The van der Waals surface area contributed by atoms with E-state index in [1.54, 1.807) is 59.4 Å². The smallest absolute Gasteiger partial charge is 0.314 e. The van der Waals surface area contributed by atoms with Crippen molar-refractivity contribution in [3.8, 4) is 0 Å². The molecule has 47 heavy (non-hydrogen) atoms. The van der Waals surface area contributed by atoms with Gasteiger partial charge in [0.2, 0.25) is 0 Å². The molecule has 0 aliphatic rings. The third-order valence-electron chi connectivity index (χ3n) is 6.51. The lowest BCUT2D eigenvalue weighted by molar-refractivity contribution is -0.147. The molecular formula is C33H34N6O4S4. The Morgan fingerprint density at radius 3 is 1.38 bits per heavy atom. The number of nitrogens with zero attached hydrogens (tertiary/aromatic N) is 4. The highest BCUT2D eigenvalue weighted by molar-refractivity contribution is 7.99. The van der Waals surface area contributed by atoms with Crippen LogP contribution in [-0.2, 0) is 21.1 Å². The van der Waals surface area contributed by atoms with E-state index in [4.69, 9.17) is 21.7 Å².